The third kappa shape index (κ3) is 6.88. The summed E-state index contributed by atoms with van der Waals surface area (Å²) in [6.07, 6.45) is 9.19. The molecule has 1 nitrogen and oxygen atoms in total. The van der Waals surface area contributed by atoms with Crippen LogP contribution < -0.4 is 0 Å². The normalized spacial score (nSPS) is 16.5. The van der Waals surface area contributed by atoms with Crippen LogP contribution in [-0.4, -0.2) is 17.5 Å². The molecular weight excluding hydrogens is 276 g/mol. The molecular formula is C19H30OS. The second-order valence-electron chi connectivity index (χ2n) is 7.09. The molecule has 118 valence electrons. The van der Waals surface area contributed by atoms with E-state index in [1.165, 1.54) is 49.0 Å². The van der Waals surface area contributed by atoms with Gasteiger partial charge >= 0.3 is 0 Å². The standard InChI is InChI=1S/C19H30OS/c1-19(2,3)20-14-7-6-9-16-10-8-13-18(15-16)21-17-11-4-5-12-17/h8,10,13,15,17H,4-7,9,11-12,14H2,1-3H3. The van der Waals surface area contributed by atoms with Crippen molar-refractivity contribution in [2.45, 2.75) is 81.5 Å². The van der Waals surface area contributed by atoms with Crippen molar-refractivity contribution in [2.75, 3.05) is 6.61 Å². The average Bonchev–Trinajstić information content (AvgIpc) is 2.90. The molecule has 0 aromatic heterocycles. The summed E-state index contributed by atoms with van der Waals surface area (Å²) in [5.74, 6) is 0. The largest absolute Gasteiger partial charge is 0.376 e. The highest BCUT2D eigenvalue weighted by molar-refractivity contribution is 8.00. The molecule has 0 heterocycles. The number of benzene rings is 1. The van der Waals surface area contributed by atoms with E-state index in [1.807, 2.05) is 0 Å². The number of thioether (sulfide) groups is 1. The highest BCUT2D eigenvalue weighted by Gasteiger charge is 2.16. The van der Waals surface area contributed by atoms with Gasteiger partial charge in [-0.1, -0.05) is 25.0 Å². The number of hydrogen-bond donors (Lipinski definition) is 0. The molecule has 2 rings (SSSR count). The molecule has 0 radical (unpaired) electrons. The van der Waals surface area contributed by atoms with E-state index in [0.717, 1.165) is 18.3 Å². The van der Waals surface area contributed by atoms with Gasteiger partial charge in [0.25, 0.3) is 0 Å². The molecule has 0 N–H and O–H groups in total. The third-order valence-electron chi connectivity index (χ3n) is 3.90. The van der Waals surface area contributed by atoms with Crippen molar-refractivity contribution in [1.29, 1.82) is 0 Å². The van der Waals surface area contributed by atoms with E-state index < -0.39 is 0 Å². The summed E-state index contributed by atoms with van der Waals surface area (Å²) in [6.45, 7) is 7.24. The number of rotatable bonds is 7. The lowest BCUT2D eigenvalue weighted by molar-refractivity contribution is -0.00452. The Hall–Kier alpha value is -0.470. The molecule has 0 aliphatic heterocycles. The maximum Gasteiger partial charge on any atom is 0.0598 e. The van der Waals surface area contributed by atoms with Crippen LogP contribution >= 0.6 is 11.8 Å². The first-order valence-corrected chi connectivity index (χ1v) is 9.30. The van der Waals surface area contributed by atoms with Crippen LogP contribution in [0.5, 0.6) is 0 Å². The zero-order valence-electron chi connectivity index (χ0n) is 13.9. The van der Waals surface area contributed by atoms with Gasteiger partial charge in [0.05, 0.1) is 5.60 Å². The van der Waals surface area contributed by atoms with E-state index in [4.69, 9.17) is 4.74 Å². The summed E-state index contributed by atoms with van der Waals surface area (Å²) >= 11 is 2.09. The van der Waals surface area contributed by atoms with Crippen LogP contribution in [0.25, 0.3) is 0 Å². The Morgan fingerprint density at radius 2 is 1.90 bits per heavy atom. The Morgan fingerprint density at radius 3 is 2.62 bits per heavy atom. The number of hydrogen-bond acceptors (Lipinski definition) is 2. The molecule has 0 saturated heterocycles. The van der Waals surface area contributed by atoms with E-state index in [1.54, 1.807) is 0 Å². The average molecular weight is 307 g/mol. The lowest BCUT2D eigenvalue weighted by Crippen LogP contribution is -2.19. The van der Waals surface area contributed by atoms with Gasteiger partial charge in [-0.05, 0) is 70.6 Å². The molecule has 1 saturated carbocycles. The van der Waals surface area contributed by atoms with Crippen LogP contribution in [-0.2, 0) is 11.2 Å². The van der Waals surface area contributed by atoms with E-state index in [0.29, 0.717) is 0 Å². The molecule has 2 heteroatoms. The van der Waals surface area contributed by atoms with Crippen LogP contribution in [0.15, 0.2) is 29.2 Å². The van der Waals surface area contributed by atoms with Gasteiger partial charge in [0.2, 0.25) is 0 Å². The van der Waals surface area contributed by atoms with Crippen LogP contribution in [0.2, 0.25) is 0 Å². The number of aryl methyl sites for hydroxylation is 1. The summed E-state index contributed by atoms with van der Waals surface area (Å²) in [7, 11) is 0. The lowest BCUT2D eigenvalue weighted by atomic mass is 10.1. The van der Waals surface area contributed by atoms with E-state index in [9.17, 15) is 0 Å². The van der Waals surface area contributed by atoms with Crippen molar-refractivity contribution in [2.24, 2.45) is 0 Å². The first kappa shape index (κ1) is 16.9. The van der Waals surface area contributed by atoms with Gasteiger partial charge in [0.15, 0.2) is 0 Å². The Bertz CT molecular complexity index is 416. The quantitative estimate of drug-likeness (QED) is 0.584. The summed E-state index contributed by atoms with van der Waals surface area (Å²) in [4.78, 5) is 1.46. The maximum atomic E-state index is 5.78. The molecule has 1 aliphatic rings. The van der Waals surface area contributed by atoms with Crippen LogP contribution in [0, 0.1) is 0 Å². The van der Waals surface area contributed by atoms with Gasteiger partial charge in [-0.2, -0.15) is 0 Å². The minimum atomic E-state index is -0.00214. The molecule has 0 unspecified atom stereocenters. The monoisotopic (exact) mass is 306 g/mol. The van der Waals surface area contributed by atoms with Gasteiger partial charge in [-0.25, -0.2) is 0 Å². The zero-order chi connectivity index (χ0) is 15.1. The molecule has 0 atom stereocenters. The zero-order valence-corrected chi connectivity index (χ0v) is 14.7. The fourth-order valence-corrected chi connectivity index (χ4v) is 4.11. The molecule has 1 aliphatic carbocycles. The summed E-state index contributed by atoms with van der Waals surface area (Å²) < 4.78 is 5.78. The van der Waals surface area contributed by atoms with Gasteiger partial charge in [0.1, 0.15) is 0 Å². The molecule has 21 heavy (non-hydrogen) atoms. The van der Waals surface area contributed by atoms with Crippen molar-refractivity contribution in [3.8, 4) is 0 Å². The van der Waals surface area contributed by atoms with Crippen LogP contribution in [0.4, 0.5) is 0 Å². The third-order valence-corrected chi connectivity index (χ3v) is 5.23. The first-order chi connectivity index (χ1) is 10.0. The molecule has 0 amide bonds. The Morgan fingerprint density at radius 1 is 1.14 bits per heavy atom. The van der Waals surface area contributed by atoms with Crippen molar-refractivity contribution in [3.05, 3.63) is 29.8 Å². The van der Waals surface area contributed by atoms with E-state index in [2.05, 4.69) is 56.8 Å². The Balaban J connectivity index is 1.70. The number of ether oxygens (including phenoxy) is 1. The second-order valence-corrected chi connectivity index (χ2v) is 8.46. The first-order valence-electron chi connectivity index (χ1n) is 8.42. The van der Waals surface area contributed by atoms with Gasteiger partial charge in [-0.15, -0.1) is 11.8 Å². The SMILES string of the molecule is CC(C)(C)OCCCCc1cccc(SC2CCCC2)c1. The smallest absolute Gasteiger partial charge is 0.0598 e. The minimum Gasteiger partial charge on any atom is -0.376 e. The molecule has 1 aromatic carbocycles. The van der Waals surface area contributed by atoms with Crippen LogP contribution in [0.1, 0.15) is 64.9 Å². The second kappa shape index (κ2) is 8.24. The maximum absolute atomic E-state index is 5.78. The molecule has 1 aromatic rings. The van der Waals surface area contributed by atoms with Gasteiger partial charge in [0, 0.05) is 16.8 Å². The topological polar surface area (TPSA) is 9.23 Å². The van der Waals surface area contributed by atoms with E-state index in [-0.39, 0.29) is 5.60 Å². The van der Waals surface area contributed by atoms with Gasteiger partial charge < -0.3 is 4.74 Å². The van der Waals surface area contributed by atoms with E-state index >= 15 is 0 Å². The molecule has 0 spiro atoms. The van der Waals surface area contributed by atoms with Crippen molar-refractivity contribution >= 4 is 11.8 Å². The fraction of sp³-hybridized carbons (Fsp3) is 0.684. The molecule has 1 fully saturated rings. The summed E-state index contributed by atoms with van der Waals surface area (Å²) in [5.41, 5.74) is 1.48. The van der Waals surface area contributed by atoms with Crippen LogP contribution in [0.3, 0.4) is 0 Å². The van der Waals surface area contributed by atoms with Crippen molar-refractivity contribution < 1.29 is 4.74 Å². The van der Waals surface area contributed by atoms with Crippen molar-refractivity contribution in [1.82, 2.24) is 0 Å². The highest BCUT2D eigenvalue weighted by atomic mass is 32.2. The molecule has 0 bridgehead atoms. The fourth-order valence-electron chi connectivity index (χ4n) is 2.78. The van der Waals surface area contributed by atoms with Gasteiger partial charge in [-0.3, -0.25) is 0 Å². The minimum absolute atomic E-state index is 0.00214. The van der Waals surface area contributed by atoms with Crippen molar-refractivity contribution in [3.63, 3.8) is 0 Å². The highest BCUT2D eigenvalue weighted by Crippen LogP contribution is 2.34. The summed E-state index contributed by atoms with van der Waals surface area (Å²) in [6, 6.07) is 9.16. The predicted octanol–water partition coefficient (Wildman–Crippen LogP) is 5.86. The predicted molar refractivity (Wildman–Crippen MR) is 93.2 cm³/mol. The Labute approximate surface area is 134 Å². The summed E-state index contributed by atoms with van der Waals surface area (Å²) in [5, 5.41) is 0.862. The Kier molecular flexibility index (Phi) is 6.63. The number of unbranched alkanes of at least 4 members (excludes halogenated alkanes) is 1. The lowest BCUT2D eigenvalue weighted by Gasteiger charge is -2.19.